The van der Waals surface area contributed by atoms with Gasteiger partial charge in [-0.2, -0.15) is 0 Å². The lowest BCUT2D eigenvalue weighted by molar-refractivity contribution is -0.162. The van der Waals surface area contributed by atoms with Gasteiger partial charge in [0, 0.05) is 86.0 Å². The lowest BCUT2D eigenvalue weighted by Crippen LogP contribution is -2.63. The van der Waals surface area contributed by atoms with Gasteiger partial charge in [-0.3, -0.25) is 34.2 Å². The summed E-state index contributed by atoms with van der Waals surface area (Å²) in [4.78, 5) is 123. The van der Waals surface area contributed by atoms with Crippen LogP contribution in [0, 0.1) is 5.92 Å². The van der Waals surface area contributed by atoms with E-state index in [9.17, 15) is 48.3 Å². The highest BCUT2D eigenvalue weighted by Crippen LogP contribution is 2.49. The smallest absolute Gasteiger partial charge is 0.410 e. The quantitative estimate of drug-likeness (QED) is 0.0616. The Morgan fingerprint density at radius 2 is 1.69 bits per heavy atom. The number of amides is 8. The summed E-state index contributed by atoms with van der Waals surface area (Å²) in [5.41, 5.74) is -1.28. The molecule has 2 fully saturated rings. The standard InChI is InChI=1S/C57H78ClN7O18/c1-34-14-11-19-43(77-10)57(75)32-42(81-53(72)60-57)35(2)51-56(4,83-51)44(31-49(70)64(8)40-29-37(28-34)30-41(76-9)50(40)58)82-52(71)36(3)63(7)46(67)22-27-78-54(73)61(5)25-26-62(6)55(74)80-39-17-12-15-38(16-13-18-39)79-33-45(66)59-23-24-65-47(68)20-21-48(65)69/h11-12,14,17,19-21,29-30,35-36,38-39,42-44,51,75H,13,15-16,18,22-28,31-33H2,1-10H3,(H,59,66)(H,60,72)/t35-,36+,38?,39?,42+,43-,44+,51+,56+,57+/m1/s1. The topological polar surface area (TPSA) is 291 Å². The van der Waals surface area contributed by atoms with Crippen LogP contribution < -0.4 is 20.3 Å². The normalized spacial score (nSPS) is 26.7. The Hall–Kier alpha value is -7.06. The molecule has 0 radical (unpaired) electrons. The summed E-state index contributed by atoms with van der Waals surface area (Å²) in [7, 11) is 8.76. The van der Waals surface area contributed by atoms with Crippen molar-refractivity contribution < 1.29 is 86.2 Å². The fourth-order valence-corrected chi connectivity index (χ4v) is 10.3. The maximum Gasteiger partial charge on any atom is 0.410 e. The van der Waals surface area contributed by atoms with Crippen LogP contribution in [0.5, 0.6) is 5.75 Å². The first-order chi connectivity index (χ1) is 39.3. The highest BCUT2D eigenvalue weighted by Gasteiger charge is 2.64. The van der Waals surface area contributed by atoms with E-state index >= 15 is 0 Å². The molecule has 5 aliphatic rings. The summed E-state index contributed by atoms with van der Waals surface area (Å²) < 4.78 is 46.2. The van der Waals surface area contributed by atoms with Crippen molar-refractivity contribution in [3.63, 3.8) is 0 Å². The molecule has 3 N–H and O–H groups in total. The number of aliphatic hydroxyl groups is 1. The molecule has 8 amide bonds. The number of nitrogens with zero attached hydrogens (tertiary/aromatic N) is 5. The molecule has 10 atom stereocenters. The van der Waals surface area contributed by atoms with Gasteiger partial charge in [-0.1, -0.05) is 48.4 Å². The number of allylic oxidation sites excluding steroid dienone is 3. The van der Waals surface area contributed by atoms with Crippen LogP contribution in [0.2, 0.25) is 5.02 Å². The molecule has 1 aromatic rings. The number of benzene rings is 1. The largest absolute Gasteiger partial charge is 0.495 e. The van der Waals surface area contributed by atoms with E-state index in [-0.39, 0.29) is 69.3 Å². The summed E-state index contributed by atoms with van der Waals surface area (Å²) in [6, 6.07) is 2.30. The summed E-state index contributed by atoms with van der Waals surface area (Å²) in [6.45, 7) is 6.51. The van der Waals surface area contributed by atoms with Crippen LogP contribution in [0.4, 0.5) is 20.1 Å². The molecule has 0 spiro atoms. The maximum atomic E-state index is 14.4. The minimum atomic E-state index is -1.90. The zero-order valence-electron chi connectivity index (χ0n) is 48.7. The average Bonchev–Trinajstić information content (AvgIpc) is 3.94. The van der Waals surface area contributed by atoms with Crippen LogP contribution in [-0.4, -0.2) is 214 Å². The van der Waals surface area contributed by atoms with E-state index in [0.717, 1.165) is 20.9 Å². The number of fused-ring (bicyclic) bond motifs is 5. The monoisotopic (exact) mass is 1180 g/mol. The number of alkyl carbamates (subject to hydrolysis) is 1. The number of carbonyl (C=O) groups excluding carboxylic acids is 9. The second-order valence-corrected chi connectivity index (χ2v) is 22.0. The van der Waals surface area contributed by atoms with E-state index in [4.69, 9.17) is 49.5 Å². The second-order valence-electron chi connectivity index (χ2n) is 21.6. The van der Waals surface area contributed by atoms with Gasteiger partial charge in [-0.25, -0.2) is 19.2 Å². The van der Waals surface area contributed by atoms with E-state index in [2.05, 4.69) is 10.6 Å². The molecule has 4 aliphatic heterocycles. The van der Waals surface area contributed by atoms with E-state index in [1.165, 1.54) is 76.2 Å². The van der Waals surface area contributed by atoms with Gasteiger partial charge in [0.05, 0.1) is 37.8 Å². The Bertz CT molecular complexity index is 2700. The number of epoxide rings is 1. The van der Waals surface area contributed by atoms with Crippen LogP contribution >= 0.6 is 11.6 Å². The van der Waals surface area contributed by atoms with Crippen molar-refractivity contribution in [3.8, 4) is 5.75 Å². The number of hydrogen-bond donors (Lipinski definition) is 3. The van der Waals surface area contributed by atoms with Gasteiger partial charge in [0.25, 0.3) is 11.8 Å². The van der Waals surface area contributed by atoms with Gasteiger partial charge < -0.3 is 67.9 Å². The fraction of sp³-hybridized carbons (Fsp3) is 0.596. The summed E-state index contributed by atoms with van der Waals surface area (Å²) in [5.74, 6) is -3.50. The average molecular weight is 1180 g/mol. The van der Waals surface area contributed by atoms with Crippen molar-refractivity contribution in [3.05, 3.63) is 70.8 Å². The number of rotatable bonds is 18. The number of carbonyl (C=O) groups is 9. The summed E-state index contributed by atoms with van der Waals surface area (Å²) in [5, 5.41) is 17.2. The number of ether oxygens (including phenoxy) is 8. The molecule has 26 heteroatoms. The summed E-state index contributed by atoms with van der Waals surface area (Å²) in [6.07, 6.45) is 5.90. The van der Waals surface area contributed by atoms with Crippen LogP contribution in [-0.2, 0) is 68.3 Å². The predicted octanol–water partition coefficient (Wildman–Crippen LogP) is 3.97. The minimum absolute atomic E-state index is 0.0569. The molecule has 25 nitrogen and oxygen atoms in total. The van der Waals surface area contributed by atoms with Crippen molar-refractivity contribution in [1.29, 1.82) is 0 Å². The van der Waals surface area contributed by atoms with E-state index in [0.29, 0.717) is 43.5 Å². The second kappa shape index (κ2) is 29.0. The Balaban J connectivity index is 0.990. The molecule has 0 aromatic heterocycles. The molecule has 6 rings (SSSR count). The Labute approximate surface area is 488 Å². The molecule has 1 aromatic carbocycles. The number of nitrogens with one attached hydrogen (secondary N) is 2. The van der Waals surface area contributed by atoms with Crippen LogP contribution in [0.1, 0.15) is 78.2 Å². The Kier molecular flexibility index (Phi) is 22.7. The van der Waals surface area contributed by atoms with E-state index in [1.54, 1.807) is 44.2 Å². The van der Waals surface area contributed by atoms with E-state index < -0.39 is 108 Å². The summed E-state index contributed by atoms with van der Waals surface area (Å²) >= 11 is 6.82. The molecular weight excluding hydrogens is 1110 g/mol. The molecule has 4 bridgehead atoms. The zero-order chi connectivity index (χ0) is 60.9. The number of anilines is 1. The Morgan fingerprint density at radius 3 is 2.37 bits per heavy atom. The van der Waals surface area contributed by atoms with Crippen molar-refractivity contribution in [1.82, 2.24) is 30.2 Å². The van der Waals surface area contributed by atoms with Gasteiger partial charge in [-0.15, -0.1) is 0 Å². The number of likely N-dealkylation sites (N-methyl/N-ethyl adjacent to an activating group) is 3. The molecule has 2 saturated heterocycles. The molecule has 2 unspecified atom stereocenters. The third-order valence-corrected chi connectivity index (χ3v) is 15.9. The van der Waals surface area contributed by atoms with Crippen LogP contribution in [0.15, 0.2) is 60.2 Å². The number of esters is 1. The highest BCUT2D eigenvalue weighted by molar-refractivity contribution is 6.35. The first-order valence-corrected chi connectivity index (χ1v) is 27.9. The maximum absolute atomic E-state index is 14.4. The highest BCUT2D eigenvalue weighted by atomic mass is 35.5. The number of methoxy groups -OCH3 is 2. The van der Waals surface area contributed by atoms with Crippen molar-refractivity contribution in [2.75, 3.05) is 86.7 Å². The lowest BCUT2D eigenvalue weighted by atomic mass is 9.83. The third-order valence-electron chi connectivity index (χ3n) is 15.5. The SMILES string of the molecule is COc1cc2cc(c1Cl)N(C)C(=O)C[C@H](OC(=O)[C@H](C)N(C)C(=O)CCOC(=O)N(C)CCN(C)C(=O)OC1C=CCC(OCC(=O)NCCN3C(=O)C=CC3=O)CCC1)[C@]1(C)O[C@H]1[C@H](C)[C@@H]1C[C@@](O)(NC(=O)O1)[C@H](OC)C=CC=C(C)C2. The zero-order valence-corrected chi connectivity index (χ0v) is 49.5. The molecule has 456 valence electrons. The third kappa shape index (κ3) is 17.0. The molecular formula is C57H78ClN7O18. The molecule has 83 heavy (non-hydrogen) atoms. The van der Waals surface area contributed by atoms with Crippen LogP contribution in [0.25, 0.3) is 0 Å². The molecule has 1 aliphatic carbocycles. The van der Waals surface area contributed by atoms with Crippen molar-refractivity contribution >= 4 is 71.1 Å². The van der Waals surface area contributed by atoms with Gasteiger partial charge in [0.1, 0.15) is 60.0 Å². The number of imide groups is 1. The van der Waals surface area contributed by atoms with Crippen LogP contribution in [0.3, 0.4) is 0 Å². The number of halogens is 1. The van der Waals surface area contributed by atoms with Crippen molar-refractivity contribution in [2.24, 2.45) is 5.92 Å². The first-order valence-electron chi connectivity index (χ1n) is 27.5. The number of hydrogen-bond acceptors (Lipinski definition) is 18. The van der Waals surface area contributed by atoms with Crippen molar-refractivity contribution in [2.45, 2.75) is 133 Å². The molecule has 0 saturated carbocycles. The molecule has 4 heterocycles. The first kappa shape index (κ1) is 65.1. The van der Waals surface area contributed by atoms with Gasteiger partial charge in [0.15, 0.2) is 5.72 Å². The lowest BCUT2D eigenvalue weighted by Gasteiger charge is -2.42. The van der Waals surface area contributed by atoms with Gasteiger partial charge in [-0.05, 0) is 76.6 Å². The minimum Gasteiger partial charge on any atom is -0.495 e. The van der Waals surface area contributed by atoms with Gasteiger partial charge in [0.2, 0.25) is 17.7 Å². The van der Waals surface area contributed by atoms with Gasteiger partial charge >= 0.3 is 24.2 Å². The Morgan fingerprint density at radius 1 is 0.988 bits per heavy atom. The van der Waals surface area contributed by atoms with E-state index in [1.807, 2.05) is 19.1 Å². The fourth-order valence-electron chi connectivity index (χ4n) is 10.0. The predicted molar refractivity (Wildman–Crippen MR) is 299 cm³/mol.